The van der Waals surface area contributed by atoms with E-state index in [1.165, 1.54) is 5.56 Å². The van der Waals surface area contributed by atoms with Crippen LogP contribution >= 0.6 is 0 Å². The molecule has 150 valence electrons. The summed E-state index contributed by atoms with van der Waals surface area (Å²) >= 11 is 0. The number of ether oxygens (including phenoxy) is 2. The molecule has 0 radical (unpaired) electrons. The molecule has 0 spiro atoms. The van der Waals surface area contributed by atoms with Crippen LogP contribution in [0.15, 0.2) is 36.4 Å². The topological polar surface area (TPSA) is 54.0 Å². The van der Waals surface area contributed by atoms with Crippen LogP contribution in [0.1, 0.15) is 25.0 Å². The summed E-state index contributed by atoms with van der Waals surface area (Å²) in [5, 5.41) is 3.01. The van der Waals surface area contributed by atoms with Crippen LogP contribution in [0, 0.1) is 0 Å². The number of nitrogens with zero attached hydrogens (tertiary/aromatic N) is 2. The summed E-state index contributed by atoms with van der Waals surface area (Å²) < 4.78 is 10.8. The van der Waals surface area contributed by atoms with Crippen LogP contribution < -0.4 is 19.7 Å². The van der Waals surface area contributed by atoms with Crippen LogP contribution in [-0.4, -0.2) is 44.8 Å². The summed E-state index contributed by atoms with van der Waals surface area (Å²) in [6, 6.07) is 11.9. The Morgan fingerprint density at radius 2 is 1.64 bits per heavy atom. The van der Waals surface area contributed by atoms with E-state index >= 15 is 0 Å². The fraction of sp³-hybridized carbons (Fsp3) is 0.409. The molecule has 1 N–H and O–H groups in total. The van der Waals surface area contributed by atoms with Gasteiger partial charge >= 0.3 is 6.03 Å². The number of hydrogen-bond donors (Lipinski definition) is 1. The summed E-state index contributed by atoms with van der Waals surface area (Å²) in [6.07, 6.45) is 0.796. The normalized spacial score (nSPS) is 12.9. The highest BCUT2D eigenvalue weighted by Gasteiger charge is 2.23. The Bertz CT molecular complexity index is 817. The number of urea groups is 1. The number of carbonyl (C=O) groups is 1. The number of amides is 2. The van der Waals surface area contributed by atoms with Crippen molar-refractivity contribution in [3.8, 4) is 11.5 Å². The molecule has 0 unspecified atom stereocenters. The molecule has 0 aliphatic carbocycles. The largest absolute Gasteiger partial charge is 0.493 e. The van der Waals surface area contributed by atoms with Crippen LogP contribution in [0.5, 0.6) is 11.5 Å². The zero-order valence-corrected chi connectivity index (χ0v) is 17.1. The van der Waals surface area contributed by atoms with Gasteiger partial charge in [0.05, 0.1) is 14.2 Å². The Balaban J connectivity index is 1.68. The monoisotopic (exact) mass is 383 g/mol. The van der Waals surface area contributed by atoms with E-state index in [-0.39, 0.29) is 6.03 Å². The lowest BCUT2D eigenvalue weighted by Gasteiger charge is -2.29. The zero-order valence-electron chi connectivity index (χ0n) is 17.1. The second-order valence-corrected chi connectivity index (χ2v) is 6.80. The van der Waals surface area contributed by atoms with Crippen molar-refractivity contribution in [2.24, 2.45) is 0 Å². The maximum absolute atomic E-state index is 12.7. The number of carbonyl (C=O) groups excluding carboxylic acids is 1. The number of benzene rings is 2. The third-order valence-corrected chi connectivity index (χ3v) is 5.25. The molecule has 6 heteroatoms. The average Bonchev–Trinajstić information content (AvgIpc) is 2.74. The molecule has 3 rings (SSSR count). The van der Waals surface area contributed by atoms with Gasteiger partial charge in [-0.2, -0.15) is 0 Å². The third kappa shape index (κ3) is 4.16. The minimum atomic E-state index is -0.0870. The van der Waals surface area contributed by atoms with Crippen LogP contribution in [0.3, 0.4) is 0 Å². The van der Waals surface area contributed by atoms with Gasteiger partial charge < -0.3 is 24.6 Å². The number of methoxy groups -OCH3 is 2. The Hall–Kier alpha value is -2.89. The molecule has 0 aromatic heterocycles. The number of anilines is 2. The van der Waals surface area contributed by atoms with Gasteiger partial charge in [0, 0.05) is 37.6 Å². The predicted molar refractivity (Wildman–Crippen MR) is 113 cm³/mol. The first kappa shape index (κ1) is 19.9. The van der Waals surface area contributed by atoms with Gasteiger partial charge in [-0.25, -0.2) is 4.79 Å². The molecule has 2 amide bonds. The fourth-order valence-corrected chi connectivity index (χ4v) is 3.60. The Kier molecular flexibility index (Phi) is 6.29. The molecule has 1 aliphatic rings. The molecule has 1 heterocycles. The van der Waals surface area contributed by atoms with Crippen LogP contribution in [0.4, 0.5) is 16.2 Å². The lowest BCUT2D eigenvalue weighted by atomic mass is 9.99. The van der Waals surface area contributed by atoms with Gasteiger partial charge in [-0.05, 0) is 67.8 Å². The summed E-state index contributed by atoms with van der Waals surface area (Å²) in [7, 11) is 3.26. The maximum Gasteiger partial charge on any atom is 0.322 e. The van der Waals surface area contributed by atoms with Gasteiger partial charge in [0.2, 0.25) is 0 Å². The molecule has 0 fully saturated rings. The second kappa shape index (κ2) is 8.87. The van der Waals surface area contributed by atoms with E-state index in [0.29, 0.717) is 18.8 Å². The fourth-order valence-electron chi connectivity index (χ4n) is 3.60. The van der Waals surface area contributed by atoms with Crippen LogP contribution in [0.2, 0.25) is 0 Å². The number of nitrogens with one attached hydrogen (secondary N) is 1. The highest BCUT2D eigenvalue weighted by Crippen LogP contribution is 2.33. The van der Waals surface area contributed by atoms with E-state index in [2.05, 4.69) is 24.1 Å². The molecule has 0 saturated heterocycles. The lowest BCUT2D eigenvalue weighted by molar-refractivity contribution is 0.206. The highest BCUT2D eigenvalue weighted by atomic mass is 16.5. The Morgan fingerprint density at radius 1 is 1.04 bits per heavy atom. The van der Waals surface area contributed by atoms with E-state index in [0.717, 1.165) is 42.2 Å². The molecule has 0 saturated carbocycles. The third-order valence-electron chi connectivity index (χ3n) is 5.25. The minimum absolute atomic E-state index is 0.0870. The van der Waals surface area contributed by atoms with Crippen molar-refractivity contribution in [3.63, 3.8) is 0 Å². The van der Waals surface area contributed by atoms with Gasteiger partial charge in [0.25, 0.3) is 0 Å². The number of rotatable bonds is 6. The van der Waals surface area contributed by atoms with Crippen molar-refractivity contribution in [1.29, 1.82) is 0 Å². The molecular formula is C22H29N3O3. The van der Waals surface area contributed by atoms with E-state index in [1.807, 2.05) is 41.3 Å². The average molecular weight is 383 g/mol. The van der Waals surface area contributed by atoms with Crippen LogP contribution in [-0.2, 0) is 13.0 Å². The predicted octanol–water partition coefficient (Wildman–Crippen LogP) is 4.14. The van der Waals surface area contributed by atoms with Crippen molar-refractivity contribution in [1.82, 2.24) is 4.90 Å². The Morgan fingerprint density at radius 3 is 2.21 bits per heavy atom. The van der Waals surface area contributed by atoms with E-state index in [4.69, 9.17) is 9.47 Å². The van der Waals surface area contributed by atoms with Crippen molar-refractivity contribution in [3.05, 3.63) is 47.5 Å². The van der Waals surface area contributed by atoms with Gasteiger partial charge in [-0.1, -0.05) is 0 Å². The minimum Gasteiger partial charge on any atom is -0.493 e. The molecule has 2 aromatic rings. The zero-order chi connectivity index (χ0) is 20.1. The van der Waals surface area contributed by atoms with E-state index < -0.39 is 0 Å². The van der Waals surface area contributed by atoms with Crippen molar-refractivity contribution in [2.45, 2.75) is 26.8 Å². The first-order chi connectivity index (χ1) is 13.6. The molecule has 6 nitrogen and oxygen atoms in total. The number of hydrogen-bond acceptors (Lipinski definition) is 4. The summed E-state index contributed by atoms with van der Waals surface area (Å²) in [6.45, 7) is 7.42. The molecule has 0 bridgehead atoms. The van der Waals surface area contributed by atoms with Crippen molar-refractivity contribution < 1.29 is 14.3 Å². The Labute approximate surface area is 167 Å². The highest BCUT2D eigenvalue weighted by molar-refractivity contribution is 5.89. The smallest absolute Gasteiger partial charge is 0.322 e. The summed E-state index contributed by atoms with van der Waals surface area (Å²) in [4.78, 5) is 16.8. The molecule has 0 atom stereocenters. The second-order valence-electron chi connectivity index (χ2n) is 6.80. The lowest BCUT2D eigenvalue weighted by Crippen LogP contribution is -2.38. The SMILES string of the molecule is CCN(CC)c1ccc(NC(=O)N2CCc3cc(OC)c(OC)cc3C2)cc1. The van der Waals surface area contributed by atoms with Gasteiger partial charge in [-0.15, -0.1) is 0 Å². The molecule has 1 aliphatic heterocycles. The van der Waals surface area contributed by atoms with Crippen molar-refractivity contribution >= 4 is 17.4 Å². The summed E-state index contributed by atoms with van der Waals surface area (Å²) in [5.41, 5.74) is 4.26. The van der Waals surface area contributed by atoms with E-state index in [9.17, 15) is 4.79 Å². The molecular weight excluding hydrogens is 354 g/mol. The molecule has 2 aromatic carbocycles. The summed E-state index contributed by atoms with van der Waals surface area (Å²) in [5.74, 6) is 1.42. The van der Waals surface area contributed by atoms with Gasteiger partial charge in [-0.3, -0.25) is 0 Å². The number of fused-ring (bicyclic) bond motifs is 1. The van der Waals surface area contributed by atoms with Crippen molar-refractivity contribution in [2.75, 3.05) is 44.1 Å². The van der Waals surface area contributed by atoms with E-state index in [1.54, 1.807) is 14.2 Å². The first-order valence-electron chi connectivity index (χ1n) is 9.74. The van der Waals surface area contributed by atoms with Gasteiger partial charge in [0.15, 0.2) is 11.5 Å². The molecule has 28 heavy (non-hydrogen) atoms. The van der Waals surface area contributed by atoms with Crippen LogP contribution in [0.25, 0.3) is 0 Å². The quantitative estimate of drug-likeness (QED) is 0.815. The standard InChI is InChI=1S/C22H29N3O3/c1-5-24(6-2)19-9-7-18(8-10-19)23-22(26)25-12-11-16-13-20(27-3)21(28-4)14-17(16)15-25/h7-10,13-14H,5-6,11-12,15H2,1-4H3,(H,23,26). The maximum atomic E-state index is 12.7. The first-order valence-corrected chi connectivity index (χ1v) is 9.74. The van der Waals surface area contributed by atoms with Gasteiger partial charge in [0.1, 0.15) is 0 Å².